The van der Waals surface area contributed by atoms with Crippen LogP contribution in [-0.2, 0) is 4.74 Å². The summed E-state index contributed by atoms with van der Waals surface area (Å²) in [7, 11) is 0. The third-order valence-electron chi connectivity index (χ3n) is 4.34. The summed E-state index contributed by atoms with van der Waals surface area (Å²) < 4.78 is 17.1. The fourth-order valence-electron chi connectivity index (χ4n) is 2.87. The van der Waals surface area contributed by atoms with Crippen molar-refractivity contribution >= 4 is 38.6 Å². The molecule has 0 radical (unpaired) electrons. The lowest BCUT2D eigenvalue weighted by atomic mass is 10.2. The number of rotatable bonds is 10. The Morgan fingerprint density at radius 2 is 1.68 bits per heavy atom. The zero-order chi connectivity index (χ0) is 22.2. The zero-order valence-electron chi connectivity index (χ0n) is 17.9. The first kappa shape index (κ1) is 22.6. The molecule has 0 fully saturated rings. The van der Waals surface area contributed by atoms with E-state index < -0.39 is 0 Å². The smallest absolute Gasteiger partial charge is 0.338 e. The number of unbranched alkanes of at least 4 members (excludes halogenated alkanes) is 1. The molecule has 0 unspecified atom stereocenters. The highest BCUT2D eigenvalue weighted by Gasteiger charge is 2.15. The molecular formula is C23H26N2O5S. The van der Waals surface area contributed by atoms with E-state index in [-0.39, 0.29) is 11.9 Å². The standard InChI is InChI=1S/C23H26N2O5S/c1-4-7-10-30-22(27)15-8-9-19-20(13-15)31-23(24-19)25-21(26)16-11-17(28-5-2)14-18(12-16)29-6-3/h8-9,11-14H,4-7,10H2,1-3H3,(H,24,25,26). The fourth-order valence-corrected chi connectivity index (χ4v) is 3.77. The van der Waals surface area contributed by atoms with Crippen LogP contribution in [0.1, 0.15) is 54.3 Å². The highest BCUT2D eigenvalue weighted by molar-refractivity contribution is 7.22. The molecule has 164 valence electrons. The lowest BCUT2D eigenvalue weighted by Crippen LogP contribution is -2.12. The van der Waals surface area contributed by atoms with Crippen LogP contribution >= 0.6 is 11.3 Å². The molecule has 1 aromatic heterocycles. The van der Waals surface area contributed by atoms with E-state index >= 15 is 0 Å². The number of aromatic nitrogens is 1. The summed E-state index contributed by atoms with van der Waals surface area (Å²) in [5.74, 6) is 0.453. The molecule has 1 N–H and O–H groups in total. The Bertz CT molecular complexity index is 1040. The van der Waals surface area contributed by atoms with Crippen LogP contribution in [0.2, 0.25) is 0 Å². The first-order valence-electron chi connectivity index (χ1n) is 10.3. The maximum Gasteiger partial charge on any atom is 0.338 e. The maximum absolute atomic E-state index is 12.8. The second-order valence-corrected chi connectivity index (χ2v) is 7.73. The van der Waals surface area contributed by atoms with Gasteiger partial charge in [-0.3, -0.25) is 10.1 Å². The Morgan fingerprint density at radius 3 is 2.32 bits per heavy atom. The topological polar surface area (TPSA) is 86.8 Å². The molecule has 2 aromatic carbocycles. The molecule has 8 heteroatoms. The minimum Gasteiger partial charge on any atom is -0.494 e. The Morgan fingerprint density at radius 1 is 0.968 bits per heavy atom. The van der Waals surface area contributed by atoms with Crippen LogP contribution in [0.4, 0.5) is 5.13 Å². The van der Waals surface area contributed by atoms with Gasteiger partial charge in [0.15, 0.2) is 5.13 Å². The molecule has 3 aromatic rings. The van der Waals surface area contributed by atoms with Crippen molar-refractivity contribution in [1.82, 2.24) is 4.98 Å². The number of nitrogens with one attached hydrogen (secondary N) is 1. The molecule has 0 saturated carbocycles. The molecule has 31 heavy (non-hydrogen) atoms. The minimum atomic E-state index is -0.356. The van der Waals surface area contributed by atoms with Crippen molar-refractivity contribution in [3.63, 3.8) is 0 Å². The van der Waals surface area contributed by atoms with Crippen molar-refractivity contribution in [2.75, 3.05) is 25.1 Å². The van der Waals surface area contributed by atoms with Gasteiger partial charge in [0.1, 0.15) is 11.5 Å². The second kappa shape index (κ2) is 10.8. The van der Waals surface area contributed by atoms with Crippen LogP contribution in [-0.4, -0.2) is 36.7 Å². The van der Waals surface area contributed by atoms with E-state index in [0.29, 0.717) is 53.1 Å². The summed E-state index contributed by atoms with van der Waals surface area (Å²) in [6.07, 6.45) is 1.80. The molecule has 0 aliphatic heterocycles. The van der Waals surface area contributed by atoms with Crippen LogP contribution in [0.3, 0.4) is 0 Å². The third kappa shape index (κ3) is 5.95. The lowest BCUT2D eigenvalue weighted by Gasteiger charge is -2.10. The molecule has 0 spiro atoms. The number of hydrogen-bond acceptors (Lipinski definition) is 7. The maximum atomic E-state index is 12.8. The van der Waals surface area contributed by atoms with Gasteiger partial charge < -0.3 is 14.2 Å². The lowest BCUT2D eigenvalue weighted by molar-refractivity contribution is 0.0500. The SMILES string of the molecule is CCCCOC(=O)c1ccc2nc(NC(=O)c3cc(OCC)cc(OCC)c3)sc2c1. The van der Waals surface area contributed by atoms with E-state index in [1.807, 2.05) is 20.8 Å². The number of amides is 1. The predicted octanol–water partition coefficient (Wildman–Crippen LogP) is 5.30. The minimum absolute atomic E-state index is 0.319. The van der Waals surface area contributed by atoms with Gasteiger partial charge in [0.25, 0.3) is 5.91 Å². The number of carbonyl (C=O) groups excluding carboxylic acids is 2. The van der Waals surface area contributed by atoms with Crippen LogP contribution < -0.4 is 14.8 Å². The van der Waals surface area contributed by atoms with E-state index in [1.54, 1.807) is 36.4 Å². The molecule has 0 saturated heterocycles. The number of thiazole rings is 1. The summed E-state index contributed by atoms with van der Waals surface area (Å²) in [5.41, 5.74) is 1.58. The number of esters is 1. The van der Waals surface area contributed by atoms with Gasteiger partial charge >= 0.3 is 5.97 Å². The number of benzene rings is 2. The van der Waals surface area contributed by atoms with Gasteiger partial charge in [-0.25, -0.2) is 9.78 Å². The molecule has 0 atom stereocenters. The van der Waals surface area contributed by atoms with Crippen LogP contribution in [0.15, 0.2) is 36.4 Å². The Hall–Kier alpha value is -3.13. The van der Waals surface area contributed by atoms with Gasteiger partial charge in [-0.1, -0.05) is 24.7 Å². The van der Waals surface area contributed by atoms with Crippen LogP contribution in [0, 0.1) is 0 Å². The number of hydrogen-bond donors (Lipinski definition) is 1. The number of anilines is 1. The van der Waals surface area contributed by atoms with E-state index in [9.17, 15) is 9.59 Å². The molecule has 1 amide bonds. The van der Waals surface area contributed by atoms with Crippen molar-refractivity contribution in [2.45, 2.75) is 33.6 Å². The van der Waals surface area contributed by atoms with E-state index in [4.69, 9.17) is 14.2 Å². The molecule has 3 rings (SSSR count). The van der Waals surface area contributed by atoms with Gasteiger partial charge in [0.05, 0.1) is 35.6 Å². The first-order chi connectivity index (χ1) is 15.0. The van der Waals surface area contributed by atoms with Crippen molar-refractivity contribution in [3.05, 3.63) is 47.5 Å². The summed E-state index contributed by atoms with van der Waals surface area (Å²) >= 11 is 1.30. The number of carbonyl (C=O) groups is 2. The van der Waals surface area contributed by atoms with Crippen molar-refractivity contribution in [2.24, 2.45) is 0 Å². The van der Waals surface area contributed by atoms with Crippen molar-refractivity contribution in [3.8, 4) is 11.5 Å². The summed E-state index contributed by atoms with van der Waals surface area (Å²) in [6.45, 7) is 7.17. The van der Waals surface area contributed by atoms with Gasteiger partial charge in [0.2, 0.25) is 0 Å². The Labute approximate surface area is 185 Å². The average molecular weight is 443 g/mol. The number of fused-ring (bicyclic) bond motifs is 1. The highest BCUT2D eigenvalue weighted by Crippen LogP contribution is 2.29. The van der Waals surface area contributed by atoms with E-state index in [2.05, 4.69) is 10.3 Å². The van der Waals surface area contributed by atoms with Gasteiger partial charge in [-0.15, -0.1) is 0 Å². The van der Waals surface area contributed by atoms with E-state index in [1.165, 1.54) is 11.3 Å². The van der Waals surface area contributed by atoms with Crippen molar-refractivity contribution < 1.29 is 23.8 Å². The normalized spacial score (nSPS) is 10.7. The third-order valence-corrected chi connectivity index (χ3v) is 5.27. The van der Waals surface area contributed by atoms with E-state index in [0.717, 1.165) is 17.5 Å². The molecule has 0 aliphatic rings. The molecule has 0 bridgehead atoms. The quantitative estimate of drug-likeness (QED) is 0.339. The average Bonchev–Trinajstić information content (AvgIpc) is 3.15. The molecule has 7 nitrogen and oxygen atoms in total. The monoisotopic (exact) mass is 442 g/mol. The fraction of sp³-hybridized carbons (Fsp3) is 0.348. The first-order valence-corrected chi connectivity index (χ1v) is 11.2. The Kier molecular flexibility index (Phi) is 7.83. The highest BCUT2D eigenvalue weighted by atomic mass is 32.1. The van der Waals surface area contributed by atoms with Crippen LogP contribution in [0.5, 0.6) is 11.5 Å². The van der Waals surface area contributed by atoms with Crippen LogP contribution in [0.25, 0.3) is 10.2 Å². The Balaban J connectivity index is 1.77. The molecule has 0 aliphatic carbocycles. The number of nitrogens with zero attached hydrogens (tertiary/aromatic N) is 1. The largest absolute Gasteiger partial charge is 0.494 e. The van der Waals surface area contributed by atoms with Crippen molar-refractivity contribution in [1.29, 1.82) is 0 Å². The molecular weight excluding hydrogens is 416 g/mol. The van der Waals surface area contributed by atoms with Gasteiger partial charge in [-0.2, -0.15) is 0 Å². The summed E-state index contributed by atoms with van der Waals surface area (Å²) in [4.78, 5) is 29.4. The predicted molar refractivity (Wildman–Crippen MR) is 122 cm³/mol. The number of ether oxygens (including phenoxy) is 3. The zero-order valence-corrected chi connectivity index (χ0v) is 18.7. The summed E-state index contributed by atoms with van der Waals surface area (Å²) in [6, 6.07) is 10.3. The van der Waals surface area contributed by atoms with Gasteiger partial charge in [-0.05, 0) is 50.6 Å². The van der Waals surface area contributed by atoms with Gasteiger partial charge in [0, 0.05) is 11.6 Å². The summed E-state index contributed by atoms with van der Waals surface area (Å²) in [5, 5.41) is 3.26. The second-order valence-electron chi connectivity index (χ2n) is 6.70. The molecule has 1 heterocycles.